The molecular formula is C32H26Cl4N2O3. The molecule has 2 aliphatic heterocycles. The molecular weight excluding hydrogens is 602 g/mol. The molecule has 2 unspecified atom stereocenters. The van der Waals surface area contributed by atoms with Gasteiger partial charge in [-0.1, -0.05) is 94.9 Å². The topological polar surface area (TPSA) is 50.8 Å². The summed E-state index contributed by atoms with van der Waals surface area (Å²) in [5.41, 5.74) is 5.28. The van der Waals surface area contributed by atoms with Gasteiger partial charge in [0, 0.05) is 35.1 Å². The minimum atomic E-state index is -0.298. The Bertz CT molecular complexity index is 1600. The van der Waals surface area contributed by atoms with E-state index in [-0.39, 0.29) is 24.8 Å². The van der Waals surface area contributed by atoms with E-state index in [9.17, 15) is 4.79 Å². The predicted molar refractivity (Wildman–Crippen MR) is 166 cm³/mol. The number of nitrogens with zero attached hydrogens (tertiary/aromatic N) is 1. The van der Waals surface area contributed by atoms with E-state index in [4.69, 9.17) is 55.9 Å². The number of fused-ring (bicyclic) bond motifs is 2. The number of carbonyl (C=O) groups is 1. The van der Waals surface area contributed by atoms with Crippen LogP contribution in [0.4, 0.5) is 0 Å². The van der Waals surface area contributed by atoms with Crippen LogP contribution in [0, 0.1) is 0 Å². The molecule has 1 N–H and O–H groups in total. The lowest BCUT2D eigenvalue weighted by Gasteiger charge is -2.24. The number of amides is 1. The minimum absolute atomic E-state index is 0.115. The molecule has 0 spiro atoms. The first-order chi connectivity index (χ1) is 19.8. The van der Waals surface area contributed by atoms with Crippen molar-refractivity contribution in [3.05, 3.63) is 104 Å². The van der Waals surface area contributed by atoms with Crippen molar-refractivity contribution in [3.8, 4) is 33.8 Å². The lowest BCUT2D eigenvalue weighted by atomic mass is 10.0. The highest BCUT2D eigenvalue weighted by atomic mass is 35.5. The lowest BCUT2D eigenvalue weighted by Crippen LogP contribution is -2.44. The zero-order valence-electron chi connectivity index (χ0n) is 22.1. The summed E-state index contributed by atoms with van der Waals surface area (Å²) in [6, 6.07) is 22.8. The van der Waals surface area contributed by atoms with Crippen molar-refractivity contribution in [2.24, 2.45) is 0 Å². The summed E-state index contributed by atoms with van der Waals surface area (Å²) in [5.74, 6) is 1.38. The molecule has 0 radical (unpaired) electrons. The van der Waals surface area contributed by atoms with E-state index in [1.54, 1.807) is 0 Å². The van der Waals surface area contributed by atoms with E-state index in [1.165, 1.54) is 0 Å². The van der Waals surface area contributed by atoms with Gasteiger partial charge in [-0.15, -0.1) is 0 Å². The molecule has 0 aromatic heterocycles. The van der Waals surface area contributed by atoms with Crippen molar-refractivity contribution in [1.29, 1.82) is 0 Å². The van der Waals surface area contributed by atoms with E-state index in [1.807, 2.05) is 84.7 Å². The van der Waals surface area contributed by atoms with Gasteiger partial charge in [0.15, 0.2) is 6.23 Å². The van der Waals surface area contributed by atoms with Crippen LogP contribution >= 0.6 is 46.4 Å². The Kier molecular flexibility index (Phi) is 8.08. The zero-order valence-corrected chi connectivity index (χ0v) is 25.1. The van der Waals surface area contributed by atoms with Crippen LogP contribution in [-0.4, -0.2) is 43.3 Å². The molecule has 6 rings (SSSR count). The van der Waals surface area contributed by atoms with Crippen molar-refractivity contribution in [3.63, 3.8) is 0 Å². The number of hydrogen-bond donors (Lipinski definition) is 1. The Morgan fingerprint density at radius 2 is 1.24 bits per heavy atom. The summed E-state index contributed by atoms with van der Waals surface area (Å²) in [5, 5.41) is 5.26. The fourth-order valence-electron chi connectivity index (χ4n) is 5.46. The molecule has 9 heteroatoms. The van der Waals surface area contributed by atoms with Gasteiger partial charge in [0.2, 0.25) is 5.91 Å². The fraction of sp³-hybridized carbons (Fsp3) is 0.219. The third kappa shape index (κ3) is 5.62. The number of carbonyl (C=O) groups excluding carboxylic acids is 1. The molecule has 4 aromatic rings. The normalized spacial score (nSPS) is 17.1. The lowest BCUT2D eigenvalue weighted by molar-refractivity contribution is -0.124. The van der Waals surface area contributed by atoms with E-state index < -0.39 is 0 Å². The van der Waals surface area contributed by atoms with Crippen molar-refractivity contribution in [2.45, 2.75) is 25.2 Å². The number of ether oxygens (including phenoxy) is 2. The molecule has 41 heavy (non-hydrogen) atoms. The van der Waals surface area contributed by atoms with Crippen molar-refractivity contribution in [1.82, 2.24) is 10.2 Å². The van der Waals surface area contributed by atoms with Crippen LogP contribution in [-0.2, 0) is 17.6 Å². The first kappa shape index (κ1) is 28.2. The molecule has 210 valence electrons. The zero-order chi connectivity index (χ0) is 28.7. The smallest absolute Gasteiger partial charge is 0.234 e. The number of nitrogens with one attached hydrogen (secondary N) is 1. The van der Waals surface area contributed by atoms with Gasteiger partial charge >= 0.3 is 0 Å². The van der Waals surface area contributed by atoms with E-state index in [0.717, 1.165) is 44.9 Å². The summed E-state index contributed by atoms with van der Waals surface area (Å²) in [6.07, 6.45) is 0.823. The third-order valence-electron chi connectivity index (χ3n) is 7.45. The average Bonchev–Trinajstić information content (AvgIpc) is 3.57. The van der Waals surface area contributed by atoms with Gasteiger partial charge in [-0.25, -0.2) is 0 Å². The summed E-state index contributed by atoms with van der Waals surface area (Å²) in [7, 11) is 1.87. The first-order valence-corrected chi connectivity index (χ1v) is 14.7. The molecule has 0 bridgehead atoms. The summed E-state index contributed by atoms with van der Waals surface area (Å²) in [6.45, 7) is 0.541. The monoisotopic (exact) mass is 626 g/mol. The molecule has 2 aliphatic rings. The van der Waals surface area contributed by atoms with Gasteiger partial charge in [0.05, 0.1) is 33.2 Å². The van der Waals surface area contributed by atoms with Crippen LogP contribution in [0.15, 0.2) is 72.8 Å². The number of benzene rings is 4. The van der Waals surface area contributed by atoms with Gasteiger partial charge in [-0.05, 0) is 42.4 Å². The Morgan fingerprint density at radius 1 is 0.756 bits per heavy atom. The Labute approximate surface area is 258 Å². The van der Waals surface area contributed by atoms with Crippen molar-refractivity contribution < 1.29 is 14.3 Å². The van der Waals surface area contributed by atoms with Gasteiger partial charge in [0.25, 0.3) is 0 Å². The Balaban J connectivity index is 1.07. The second-order valence-corrected chi connectivity index (χ2v) is 11.8. The molecule has 0 aliphatic carbocycles. The van der Waals surface area contributed by atoms with Gasteiger partial charge < -0.3 is 14.8 Å². The molecule has 2 heterocycles. The van der Waals surface area contributed by atoms with Crippen LogP contribution < -0.4 is 14.8 Å². The molecule has 5 nitrogen and oxygen atoms in total. The SMILES string of the molecule is CN(CC(=O)NCC1Cc2cccc(-c3c(Cl)cccc3Cl)c2O1)C1Cc2cccc(-c3c(Cl)cccc3Cl)c2O1. The van der Waals surface area contributed by atoms with Crippen LogP contribution in [0.1, 0.15) is 11.1 Å². The van der Waals surface area contributed by atoms with Gasteiger partial charge in [-0.3, -0.25) is 9.69 Å². The highest BCUT2D eigenvalue weighted by Crippen LogP contribution is 2.45. The number of rotatable bonds is 7. The van der Waals surface area contributed by atoms with Crippen LogP contribution in [0.25, 0.3) is 22.3 Å². The number of halogens is 4. The number of hydrogen-bond acceptors (Lipinski definition) is 4. The molecule has 2 atom stereocenters. The highest BCUT2D eigenvalue weighted by molar-refractivity contribution is 6.40. The fourth-order valence-corrected chi connectivity index (χ4v) is 6.67. The second kappa shape index (κ2) is 11.7. The molecule has 0 fully saturated rings. The molecule has 0 saturated carbocycles. The predicted octanol–water partition coefficient (Wildman–Crippen LogP) is 7.95. The van der Waals surface area contributed by atoms with E-state index in [0.29, 0.717) is 39.5 Å². The number of para-hydroxylation sites is 2. The second-order valence-electron chi connectivity index (χ2n) is 10.2. The van der Waals surface area contributed by atoms with Crippen LogP contribution in [0.2, 0.25) is 20.1 Å². The average molecular weight is 628 g/mol. The molecule has 1 amide bonds. The standard InChI is InChI=1S/C32H26Cl4N2O3/c1-38(28-15-19-7-3-9-22(32(19)41-28)30-25(35)12-5-13-26(30)36)17-27(39)37-16-20-14-18-6-2-8-21(31(18)40-20)29-23(33)10-4-11-24(29)34/h2-13,20,28H,14-17H2,1H3,(H,37,39). The third-order valence-corrected chi connectivity index (χ3v) is 8.71. The Hall–Kier alpha value is -2.93. The van der Waals surface area contributed by atoms with Gasteiger partial charge in [-0.2, -0.15) is 0 Å². The summed E-state index contributed by atoms with van der Waals surface area (Å²) < 4.78 is 12.6. The summed E-state index contributed by atoms with van der Waals surface area (Å²) >= 11 is 25.9. The van der Waals surface area contributed by atoms with Crippen LogP contribution in [0.5, 0.6) is 11.5 Å². The van der Waals surface area contributed by atoms with Crippen molar-refractivity contribution in [2.75, 3.05) is 20.1 Å². The molecule has 4 aromatic carbocycles. The van der Waals surface area contributed by atoms with E-state index >= 15 is 0 Å². The maximum absolute atomic E-state index is 12.9. The Morgan fingerprint density at radius 3 is 1.80 bits per heavy atom. The maximum Gasteiger partial charge on any atom is 0.234 e. The largest absolute Gasteiger partial charge is 0.487 e. The highest BCUT2D eigenvalue weighted by Gasteiger charge is 2.31. The van der Waals surface area contributed by atoms with Crippen molar-refractivity contribution >= 4 is 52.3 Å². The minimum Gasteiger partial charge on any atom is -0.487 e. The van der Waals surface area contributed by atoms with Gasteiger partial charge in [0.1, 0.15) is 17.6 Å². The van der Waals surface area contributed by atoms with Crippen LogP contribution in [0.3, 0.4) is 0 Å². The first-order valence-electron chi connectivity index (χ1n) is 13.2. The summed E-state index contributed by atoms with van der Waals surface area (Å²) in [4.78, 5) is 14.8. The maximum atomic E-state index is 12.9. The number of likely N-dealkylation sites (N-methyl/N-ethyl adjacent to an activating group) is 1. The molecule has 0 saturated heterocycles. The quantitative estimate of drug-likeness (QED) is 0.226. The van der Waals surface area contributed by atoms with E-state index in [2.05, 4.69) is 5.32 Å².